The lowest BCUT2D eigenvalue weighted by Crippen LogP contribution is -2.33. The number of nitrogens with one attached hydrogen (secondary N) is 1. The van der Waals surface area contributed by atoms with Crippen LogP contribution in [0, 0.1) is 12.7 Å². The summed E-state index contributed by atoms with van der Waals surface area (Å²) in [6.45, 7) is 1.66. The lowest BCUT2D eigenvalue weighted by Gasteiger charge is -2.07. The number of hydrogen-bond donors (Lipinski definition) is 1. The van der Waals surface area contributed by atoms with E-state index >= 15 is 0 Å². The van der Waals surface area contributed by atoms with Crippen LogP contribution in [-0.2, 0) is 0 Å². The van der Waals surface area contributed by atoms with Gasteiger partial charge in [0.15, 0.2) is 0 Å². The zero-order valence-corrected chi connectivity index (χ0v) is 10.8. The standard InChI is InChI=1S/C13H9FN2O2S/c1-7-6-8(14)2-3-10(7)16-12(17)11-9(4-5-19-11)15-13(16)18/h2-6H,1H3,(H,15,18). The number of aryl methyl sites for hydroxylation is 1. The number of fused-ring (bicyclic) bond motifs is 1. The molecule has 2 heterocycles. The molecule has 0 aliphatic rings. The van der Waals surface area contributed by atoms with Gasteiger partial charge in [-0.15, -0.1) is 11.3 Å². The quantitative estimate of drug-likeness (QED) is 0.740. The molecule has 0 fully saturated rings. The number of H-pyrrole nitrogens is 1. The molecule has 19 heavy (non-hydrogen) atoms. The second-order valence-electron chi connectivity index (χ2n) is 4.16. The number of benzene rings is 1. The van der Waals surface area contributed by atoms with Gasteiger partial charge in [0.1, 0.15) is 10.5 Å². The molecule has 0 aliphatic carbocycles. The average Bonchev–Trinajstić information content (AvgIpc) is 2.80. The minimum atomic E-state index is -0.523. The molecule has 0 saturated heterocycles. The topological polar surface area (TPSA) is 54.9 Å². The van der Waals surface area contributed by atoms with Crippen molar-refractivity contribution in [3.8, 4) is 5.69 Å². The molecule has 4 nitrogen and oxygen atoms in total. The average molecular weight is 276 g/mol. The van der Waals surface area contributed by atoms with Crippen LogP contribution in [0.25, 0.3) is 15.9 Å². The highest BCUT2D eigenvalue weighted by Crippen LogP contribution is 2.16. The summed E-state index contributed by atoms with van der Waals surface area (Å²) in [5.74, 6) is -0.400. The van der Waals surface area contributed by atoms with Crippen molar-refractivity contribution in [2.45, 2.75) is 6.92 Å². The smallest absolute Gasteiger partial charge is 0.306 e. The number of hydrogen-bond acceptors (Lipinski definition) is 3. The fraction of sp³-hybridized carbons (Fsp3) is 0.0769. The maximum atomic E-state index is 13.1. The van der Waals surface area contributed by atoms with E-state index in [0.717, 1.165) is 4.57 Å². The summed E-state index contributed by atoms with van der Waals surface area (Å²) < 4.78 is 14.6. The van der Waals surface area contributed by atoms with Crippen LogP contribution in [0.1, 0.15) is 5.56 Å². The molecule has 6 heteroatoms. The van der Waals surface area contributed by atoms with Gasteiger partial charge < -0.3 is 4.98 Å². The van der Waals surface area contributed by atoms with Crippen molar-refractivity contribution in [2.75, 3.05) is 0 Å². The van der Waals surface area contributed by atoms with E-state index in [-0.39, 0.29) is 5.56 Å². The highest BCUT2D eigenvalue weighted by Gasteiger charge is 2.12. The molecule has 0 aliphatic heterocycles. The predicted molar refractivity (Wildman–Crippen MR) is 72.7 cm³/mol. The van der Waals surface area contributed by atoms with Gasteiger partial charge in [-0.2, -0.15) is 0 Å². The zero-order chi connectivity index (χ0) is 13.6. The molecule has 1 N–H and O–H groups in total. The van der Waals surface area contributed by atoms with Gasteiger partial charge in [0.25, 0.3) is 5.56 Å². The van der Waals surface area contributed by atoms with Crippen molar-refractivity contribution in [1.29, 1.82) is 0 Å². The summed E-state index contributed by atoms with van der Waals surface area (Å²) in [6.07, 6.45) is 0. The minimum Gasteiger partial charge on any atom is -0.306 e. The van der Waals surface area contributed by atoms with Gasteiger partial charge in [-0.3, -0.25) is 4.79 Å². The van der Waals surface area contributed by atoms with E-state index < -0.39 is 11.5 Å². The van der Waals surface area contributed by atoms with Crippen molar-refractivity contribution < 1.29 is 4.39 Å². The van der Waals surface area contributed by atoms with Gasteiger partial charge in [-0.05, 0) is 42.1 Å². The molecule has 0 saturated carbocycles. The Morgan fingerprint density at radius 3 is 2.79 bits per heavy atom. The Morgan fingerprint density at radius 2 is 2.05 bits per heavy atom. The van der Waals surface area contributed by atoms with E-state index in [2.05, 4.69) is 4.98 Å². The van der Waals surface area contributed by atoms with Crippen LogP contribution in [0.4, 0.5) is 4.39 Å². The number of thiophene rings is 1. The molecule has 0 atom stereocenters. The molecule has 3 aromatic rings. The van der Waals surface area contributed by atoms with Crippen molar-refractivity contribution in [3.63, 3.8) is 0 Å². The first-order chi connectivity index (χ1) is 9.08. The van der Waals surface area contributed by atoms with E-state index in [1.54, 1.807) is 18.4 Å². The first kappa shape index (κ1) is 11.9. The highest BCUT2D eigenvalue weighted by molar-refractivity contribution is 7.17. The second kappa shape index (κ2) is 4.17. The van der Waals surface area contributed by atoms with Crippen LogP contribution in [0.15, 0.2) is 39.2 Å². The molecule has 3 rings (SSSR count). The molecule has 0 radical (unpaired) electrons. The minimum absolute atomic E-state index is 0.386. The Hall–Kier alpha value is -2.21. The molecule has 96 valence electrons. The number of rotatable bonds is 1. The largest absolute Gasteiger partial charge is 0.333 e. The van der Waals surface area contributed by atoms with Gasteiger partial charge in [0, 0.05) is 0 Å². The van der Waals surface area contributed by atoms with Gasteiger partial charge in [-0.25, -0.2) is 13.8 Å². The Kier molecular flexibility index (Phi) is 2.60. The first-order valence-electron chi connectivity index (χ1n) is 5.57. The molecular formula is C13H9FN2O2S. The summed E-state index contributed by atoms with van der Waals surface area (Å²) in [7, 11) is 0. The van der Waals surface area contributed by atoms with Gasteiger partial charge >= 0.3 is 5.69 Å². The number of nitrogens with zero attached hydrogens (tertiary/aromatic N) is 1. The van der Waals surface area contributed by atoms with Crippen LogP contribution < -0.4 is 11.2 Å². The number of aromatic amines is 1. The third kappa shape index (κ3) is 1.80. The molecule has 1 aromatic carbocycles. The summed E-state index contributed by atoms with van der Waals surface area (Å²) in [5.41, 5.74) is 0.538. The third-order valence-electron chi connectivity index (χ3n) is 2.91. The van der Waals surface area contributed by atoms with Crippen molar-refractivity contribution >= 4 is 21.6 Å². The summed E-state index contributed by atoms with van der Waals surface area (Å²) in [4.78, 5) is 27.0. The Morgan fingerprint density at radius 1 is 1.26 bits per heavy atom. The van der Waals surface area contributed by atoms with Crippen LogP contribution in [0.5, 0.6) is 0 Å². The van der Waals surface area contributed by atoms with Gasteiger partial charge in [-0.1, -0.05) is 0 Å². The fourth-order valence-corrected chi connectivity index (χ4v) is 2.81. The molecular weight excluding hydrogens is 267 g/mol. The molecule has 0 bridgehead atoms. The molecule has 2 aromatic heterocycles. The molecule has 0 amide bonds. The van der Waals surface area contributed by atoms with E-state index in [4.69, 9.17) is 0 Å². The van der Waals surface area contributed by atoms with E-state index in [1.165, 1.54) is 29.5 Å². The van der Waals surface area contributed by atoms with E-state index in [9.17, 15) is 14.0 Å². The third-order valence-corrected chi connectivity index (χ3v) is 3.81. The fourth-order valence-electron chi connectivity index (χ4n) is 2.03. The van der Waals surface area contributed by atoms with Crippen LogP contribution in [-0.4, -0.2) is 9.55 Å². The Bertz CT molecular complexity index is 892. The molecule has 0 unspecified atom stereocenters. The summed E-state index contributed by atoms with van der Waals surface area (Å²) in [5, 5.41) is 1.74. The lowest BCUT2D eigenvalue weighted by molar-refractivity contribution is 0.625. The second-order valence-corrected chi connectivity index (χ2v) is 5.08. The SMILES string of the molecule is Cc1cc(F)ccc1-n1c(=O)[nH]c2ccsc2c1=O. The maximum absolute atomic E-state index is 13.1. The molecule has 0 spiro atoms. The van der Waals surface area contributed by atoms with E-state index in [0.29, 0.717) is 21.5 Å². The maximum Gasteiger partial charge on any atom is 0.333 e. The number of aromatic nitrogens is 2. The van der Waals surface area contributed by atoms with E-state index in [1.807, 2.05) is 0 Å². The normalized spacial score (nSPS) is 11.1. The highest BCUT2D eigenvalue weighted by atomic mass is 32.1. The summed E-state index contributed by atoms with van der Waals surface area (Å²) >= 11 is 1.26. The van der Waals surface area contributed by atoms with Crippen LogP contribution >= 0.6 is 11.3 Å². The predicted octanol–water partition coefficient (Wildman–Crippen LogP) is 2.19. The zero-order valence-electron chi connectivity index (χ0n) is 9.94. The Balaban J connectivity index is 2.42. The Labute approximate surface area is 110 Å². The summed E-state index contributed by atoms with van der Waals surface area (Å²) in [6, 6.07) is 5.64. The van der Waals surface area contributed by atoms with Crippen LogP contribution in [0.3, 0.4) is 0 Å². The van der Waals surface area contributed by atoms with Crippen molar-refractivity contribution in [2.24, 2.45) is 0 Å². The number of halogens is 1. The van der Waals surface area contributed by atoms with Crippen molar-refractivity contribution in [3.05, 3.63) is 61.9 Å². The van der Waals surface area contributed by atoms with Gasteiger partial charge in [0.2, 0.25) is 0 Å². The van der Waals surface area contributed by atoms with Crippen LogP contribution in [0.2, 0.25) is 0 Å². The van der Waals surface area contributed by atoms with Crippen molar-refractivity contribution in [1.82, 2.24) is 9.55 Å². The first-order valence-corrected chi connectivity index (χ1v) is 6.45. The monoisotopic (exact) mass is 276 g/mol. The lowest BCUT2D eigenvalue weighted by atomic mass is 10.2. The van der Waals surface area contributed by atoms with Gasteiger partial charge in [0.05, 0.1) is 11.2 Å².